The number of fused-ring (bicyclic) bond motifs is 1. The maximum Gasteiger partial charge on any atom is 0.409 e. The molecule has 5 rings (SSSR count). The minimum atomic E-state index is -1.18. The van der Waals surface area contributed by atoms with Gasteiger partial charge in [0.2, 0.25) is 6.29 Å². The SMILES string of the molecule is CNC(=O)O[C@@H]1O[C@@H](n2cnc3c(NCc4cc(Cl)ccc4OCc4ccco4)ncnc32)[C@H](O)[C@@H]1N. The Hall–Kier alpha value is -3.91. The van der Waals surface area contributed by atoms with Crippen molar-refractivity contribution in [2.24, 2.45) is 5.73 Å². The normalized spacial score (nSPS) is 21.2. The van der Waals surface area contributed by atoms with Gasteiger partial charge in [0.15, 0.2) is 23.2 Å². The number of aromatic nitrogens is 4. The van der Waals surface area contributed by atoms with Gasteiger partial charge in [-0.3, -0.25) is 4.57 Å². The molecule has 4 heterocycles. The van der Waals surface area contributed by atoms with Crippen LogP contribution in [0.15, 0.2) is 53.7 Å². The maximum absolute atomic E-state index is 11.6. The fraction of sp³-hybridized carbons (Fsp3) is 0.304. The van der Waals surface area contributed by atoms with Crippen LogP contribution >= 0.6 is 11.6 Å². The molecule has 4 aromatic rings. The van der Waals surface area contributed by atoms with Gasteiger partial charge < -0.3 is 40.1 Å². The highest BCUT2D eigenvalue weighted by molar-refractivity contribution is 6.30. The Morgan fingerprint density at radius 3 is 2.95 bits per heavy atom. The van der Waals surface area contributed by atoms with Gasteiger partial charge in [0, 0.05) is 24.2 Å². The van der Waals surface area contributed by atoms with Crippen molar-refractivity contribution >= 4 is 34.7 Å². The summed E-state index contributed by atoms with van der Waals surface area (Å²) in [5.41, 5.74) is 7.61. The number of hydrogen-bond acceptors (Lipinski definition) is 11. The zero-order valence-corrected chi connectivity index (χ0v) is 20.3. The second-order valence-corrected chi connectivity index (χ2v) is 8.57. The van der Waals surface area contributed by atoms with Crippen molar-refractivity contribution in [3.8, 4) is 5.75 Å². The van der Waals surface area contributed by atoms with Gasteiger partial charge in [-0.2, -0.15) is 0 Å². The van der Waals surface area contributed by atoms with Crippen LogP contribution < -0.4 is 21.1 Å². The molecule has 3 aromatic heterocycles. The summed E-state index contributed by atoms with van der Waals surface area (Å²) in [5, 5.41) is 16.7. The summed E-state index contributed by atoms with van der Waals surface area (Å²) >= 11 is 6.22. The van der Waals surface area contributed by atoms with Gasteiger partial charge in [-0.05, 0) is 30.3 Å². The molecule has 5 N–H and O–H groups in total. The topological polar surface area (TPSA) is 172 Å². The number of hydrogen-bond donors (Lipinski definition) is 4. The van der Waals surface area contributed by atoms with Crippen molar-refractivity contribution in [1.29, 1.82) is 0 Å². The van der Waals surface area contributed by atoms with Crippen molar-refractivity contribution in [2.45, 2.75) is 37.8 Å². The van der Waals surface area contributed by atoms with E-state index in [1.165, 1.54) is 24.3 Å². The molecule has 1 aliphatic rings. The number of rotatable bonds is 8. The molecule has 1 aliphatic heterocycles. The number of anilines is 1. The van der Waals surface area contributed by atoms with E-state index in [1.807, 2.05) is 6.07 Å². The molecule has 0 saturated carbocycles. The maximum atomic E-state index is 11.6. The number of imidazole rings is 1. The van der Waals surface area contributed by atoms with E-state index in [4.69, 9.17) is 36.0 Å². The molecular weight excluding hydrogens is 506 g/mol. The van der Waals surface area contributed by atoms with Crippen molar-refractivity contribution < 1.29 is 28.5 Å². The van der Waals surface area contributed by atoms with Gasteiger partial charge in [-0.15, -0.1) is 0 Å². The summed E-state index contributed by atoms with van der Waals surface area (Å²) in [6.45, 7) is 0.586. The Kier molecular flexibility index (Phi) is 7.10. The molecule has 4 atom stereocenters. The fourth-order valence-electron chi connectivity index (χ4n) is 3.88. The van der Waals surface area contributed by atoms with E-state index in [9.17, 15) is 9.90 Å². The predicted molar refractivity (Wildman–Crippen MR) is 131 cm³/mol. The first kappa shape index (κ1) is 24.8. The number of nitrogens with one attached hydrogen (secondary N) is 2. The molecule has 14 heteroatoms. The van der Waals surface area contributed by atoms with Crippen LogP contribution in [0.2, 0.25) is 5.02 Å². The lowest BCUT2D eigenvalue weighted by Crippen LogP contribution is -2.42. The van der Waals surface area contributed by atoms with E-state index in [2.05, 4.69) is 25.6 Å². The molecule has 37 heavy (non-hydrogen) atoms. The summed E-state index contributed by atoms with van der Waals surface area (Å²) in [6, 6.07) is 7.96. The van der Waals surface area contributed by atoms with E-state index in [0.29, 0.717) is 40.1 Å². The largest absolute Gasteiger partial charge is 0.485 e. The Morgan fingerprint density at radius 2 is 2.16 bits per heavy atom. The zero-order chi connectivity index (χ0) is 25.9. The van der Waals surface area contributed by atoms with E-state index in [0.717, 1.165) is 5.56 Å². The number of carbonyl (C=O) groups excluding carboxylic acids is 1. The average molecular weight is 530 g/mol. The van der Waals surface area contributed by atoms with Crippen LogP contribution in [0.4, 0.5) is 10.6 Å². The quantitative estimate of drug-likeness (QED) is 0.263. The van der Waals surface area contributed by atoms with Gasteiger partial charge in [0.1, 0.15) is 30.5 Å². The Bertz CT molecular complexity index is 1380. The number of furan rings is 1. The highest BCUT2D eigenvalue weighted by Crippen LogP contribution is 2.32. The van der Waals surface area contributed by atoms with Gasteiger partial charge >= 0.3 is 6.09 Å². The van der Waals surface area contributed by atoms with Crippen molar-refractivity contribution in [3.63, 3.8) is 0 Å². The molecule has 1 amide bonds. The van der Waals surface area contributed by atoms with Crippen LogP contribution in [0.3, 0.4) is 0 Å². The van der Waals surface area contributed by atoms with E-state index >= 15 is 0 Å². The second-order valence-electron chi connectivity index (χ2n) is 8.14. The number of aliphatic hydroxyl groups excluding tert-OH is 1. The number of halogens is 1. The summed E-state index contributed by atoms with van der Waals surface area (Å²) < 4.78 is 23.6. The lowest BCUT2D eigenvalue weighted by atomic mass is 10.2. The number of ether oxygens (including phenoxy) is 3. The van der Waals surface area contributed by atoms with E-state index in [-0.39, 0.29) is 6.61 Å². The Balaban J connectivity index is 1.34. The molecule has 1 aromatic carbocycles. The lowest BCUT2D eigenvalue weighted by Gasteiger charge is -2.16. The predicted octanol–water partition coefficient (Wildman–Crippen LogP) is 2.16. The molecule has 0 spiro atoms. The van der Waals surface area contributed by atoms with Crippen LogP contribution in [-0.2, 0) is 22.6 Å². The van der Waals surface area contributed by atoms with Crippen LogP contribution in [0.25, 0.3) is 11.2 Å². The number of benzene rings is 1. The first-order valence-electron chi connectivity index (χ1n) is 11.3. The minimum absolute atomic E-state index is 0.264. The van der Waals surface area contributed by atoms with Crippen LogP contribution in [0.5, 0.6) is 5.75 Å². The zero-order valence-electron chi connectivity index (χ0n) is 19.6. The van der Waals surface area contributed by atoms with Crippen LogP contribution in [0.1, 0.15) is 17.6 Å². The highest BCUT2D eigenvalue weighted by atomic mass is 35.5. The first-order chi connectivity index (χ1) is 17.9. The average Bonchev–Trinajstić information content (AvgIpc) is 3.63. The third-order valence-corrected chi connectivity index (χ3v) is 5.99. The molecule has 0 bridgehead atoms. The molecular formula is C23H24ClN7O6. The van der Waals surface area contributed by atoms with Gasteiger partial charge in [0.25, 0.3) is 0 Å². The van der Waals surface area contributed by atoms with Crippen LogP contribution in [-0.4, -0.2) is 56.2 Å². The number of nitrogens with two attached hydrogens (primary N) is 1. The molecule has 1 fully saturated rings. The summed E-state index contributed by atoms with van der Waals surface area (Å²) in [4.78, 5) is 24.6. The molecule has 0 aliphatic carbocycles. The standard InChI is InChI=1S/C23H24ClN7O6/c1-26-23(33)37-22-16(25)18(32)21(36-22)31-11-30-17-19(28-10-29-20(17)31)27-8-12-7-13(24)4-5-15(12)35-9-14-3-2-6-34-14/h2-7,10-11,16,18,21-22,32H,8-9,25H2,1H3,(H,26,33)(H,27,28,29)/t16-,18+,21+,22-/m0/s1. The molecule has 13 nitrogen and oxygen atoms in total. The third kappa shape index (κ3) is 5.15. The minimum Gasteiger partial charge on any atom is -0.485 e. The Labute approximate surface area is 215 Å². The molecule has 0 unspecified atom stereocenters. The number of carbonyl (C=O) groups is 1. The fourth-order valence-corrected chi connectivity index (χ4v) is 4.07. The third-order valence-electron chi connectivity index (χ3n) is 5.75. The van der Waals surface area contributed by atoms with E-state index in [1.54, 1.807) is 30.5 Å². The number of nitrogens with zero attached hydrogens (tertiary/aromatic N) is 4. The number of amides is 1. The number of alkyl carbamates (subject to hydrolysis) is 1. The summed E-state index contributed by atoms with van der Waals surface area (Å²) in [7, 11) is 1.41. The molecule has 1 saturated heterocycles. The lowest BCUT2D eigenvalue weighted by molar-refractivity contribution is -0.125. The Morgan fingerprint density at radius 1 is 1.30 bits per heavy atom. The van der Waals surface area contributed by atoms with Gasteiger partial charge in [-0.25, -0.2) is 19.7 Å². The highest BCUT2D eigenvalue weighted by Gasteiger charge is 2.45. The smallest absolute Gasteiger partial charge is 0.409 e. The second kappa shape index (κ2) is 10.6. The first-order valence-corrected chi connectivity index (χ1v) is 11.6. The molecule has 0 radical (unpaired) electrons. The monoisotopic (exact) mass is 529 g/mol. The number of aliphatic hydroxyl groups is 1. The van der Waals surface area contributed by atoms with Crippen molar-refractivity contribution in [2.75, 3.05) is 12.4 Å². The van der Waals surface area contributed by atoms with Crippen molar-refractivity contribution in [3.05, 3.63) is 65.6 Å². The molecule has 194 valence electrons. The van der Waals surface area contributed by atoms with Gasteiger partial charge in [0.05, 0.1) is 18.6 Å². The van der Waals surface area contributed by atoms with Crippen LogP contribution in [0, 0.1) is 0 Å². The van der Waals surface area contributed by atoms with Crippen molar-refractivity contribution in [1.82, 2.24) is 24.8 Å². The summed E-state index contributed by atoms with van der Waals surface area (Å²) in [5.74, 6) is 1.76. The summed E-state index contributed by atoms with van der Waals surface area (Å²) in [6.07, 6.45) is 0.344. The van der Waals surface area contributed by atoms with E-state index < -0.39 is 30.8 Å². The van der Waals surface area contributed by atoms with Gasteiger partial charge in [-0.1, -0.05) is 11.6 Å².